The first-order valence-corrected chi connectivity index (χ1v) is 6.46. The van der Waals surface area contributed by atoms with Crippen LogP contribution in [0.15, 0.2) is 0 Å². The van der Waals surface area contributed by atoms with Gasteiger partial charge in [0.05, 0.1) is 6.10 Å². The summed E-state index contributed by atoms with van der Waals surface area (Å²) in [7, 11) is 1.79. The first-order valence-electron chi connectivity index (χ1n) is 6.46. The fourth-order valence-corrected chi connectivity index (χ4v) is 2.52. The third kappa shape index (κ3) is 4.12. The highest BCUT2D eigenvalue weighted by Gasteiger charge is 2.23. The third-order valence-electron chi connectivity index (χ3n) is 3.93. The second-order valence-electron chi connectivity index (χ2n) is 5.03. The predicted molar refractivity (Wildman–Crippen MR) is 65.1 cm³/mol. The quantitative estimate of drug-likeness (QED) is 0.758. The molecule has 0 aromatic carbocycles. The van der Waals surface area contributed by atoms with Gasteiger partial charge in [0.1, 0.15) is 0 Å². The molecule has 4 atom stereocenters. The Hall–Kier alpha value is -0.0800. The number of rotatable bonds is 5. The minimum Gasteiger partial charge on any atom is -0.380 e. The smallest absolute Gasteiger partial charge is 0.0693 e. The molecule has 2 heteroatoms. The molecule has 0 saturated heterocycles. The topological polar surface area (TPSA) is 21.3 Å². The molecule has 0 radical (unpaired) electrons. The van der Waals surface area contributed by atoms with Gasteiger partial charge in [0.2, 0.25) is 0 Å². The Labute approximate surface area is 94.8 Å². The Morgan fingerprint density at radius 1 is 1.33 bits per heavy atom. The average molecular weight is 213 g/mol. The van der Waals surface area contributed by atoms with E-state index >= 15 is 0 Å². The first-order chi connectivity index (χ1) is 7.17. The summed E-state index contributed by atoms with van der Waals surface area (Å²) in [6, 6.07) is 1.19. The van der Waals surface area contributed by atoms with Gasteiger partial charge in [0, 0.05) is 19.2 Å². The van der Waals surface area contributed by atoms with Crippen LogP contribution in [0.1, 0.15) is 52.9 Å². The molecule has 0 amide bonds. The Kier molecular flexibility index (Phi) is 5.62. The van der Waals surface area contributed by atoms with Crippen LogP contribution in [0.4, 0.5) is 0 Å². The van der Waals surface area contributed by atoms with Crippen molar-refractivity contribution in [3.63, 3.8) is 0 Å². The zero-order valence-electron chi connectivity index (χ0n) is 10.8. The molecule has 0 bridgehead atoms. The molecule has 1 saturated carbocycles. The predicted octanol–water partition coefficient (Wildman–Crippen LogP) is 2.97. The van der Waals surface area contributed by atoms with E-state index in [-0.39, 0.29) is 0 Å². The van der Waals surface area contributed by atoms with E-state index in [2.05, 4.69) is 26.1 Å². The largest absolute Gasteiger partial charge is 0.380 e. The van der Waals surface area contributed by atoms with Gasteiger partial charge in [-0.25, -0.2) is 0 Å². The van der Waals surface area contributed by atoms with Crippen molar-refractivity contribution >= 4 is 0 Å². The van der Waals surface area contributed by atoms with Crippen molar-refractivity contribution in [2.45, 2.75) is 71.1 Å². The molecule has 4 unspecified atom stereocenters. The molecule has 1 fully saturated rings. The van der Waals surface area contributed by atoms with Gasteiger partial charge < -0.3 is 10.1 Å². The molecule has 1 aliphatic carbocycles. The molecule has 0 aromatic rings. The first kappa shape index (κ1) is 13.0. The molecule has 0 aromatic heterocycles. The van der Waals surface area contributed by atoms with Crippen LogP contribution in [0, 0.1) is 5.92 Å². The zero-order chi connectivity index (χ0) is 11.3. The van der Waals surface area contributed by atoms with E-state index in [0.717, 1.165) is 12.0 Å². The lowest BCUT2D eigenvalue weighted by Gasteiger charge is -2.33. The number of hydrogen-bond donors (Lipinski definition) is 1. The summed E-state index contributed by atoms with van der Waals surface area (Å²) in [5.41, 5.74) is 0. The van der Waals surface area contributed by atoms with Gasteiger partial charge >= 0.3 is 0 Å². The standard InChI is InChI=1S/C13H27NO/c1-5-12-7-6-8-13(9-12)14-10(2)11(3)15-4/h10-14H,5-9H2,1-4H3. The molecule has 0 aliphatic heterocycles. The average Bonchev–Trinajstić information content (AvgIpc) is 2.28. The highest BCUT2D eigenvalue weighted by molar-refractivity contribution is 4.81. The van der Waals surface area contributed by atoms with E-state index in [1.807, 2.05) is 0 Å². The molecule has 1 N–H and O–H groups in total. The Morgan fingerprint density at radius 2 is 2.07 bits per heavy atom. The molecule has 15 heavy (non-hydrogen) atoms. The highest BCUT2D eigenvalue weighted by Crippen LogP contribution is 2.26. The maximum Gasteiger partial charge on any atom is 0.0693 e. The van der Waals surface area contributed by atoms with Gasteiger partial charge in [-0.05, 0) is 32.6 Å². The molecular weight excluding hydrogens is 186 g/mol. The van der Waals surface area contributed by atoms with E-state index in [1.165, 1.54) is 32.1 Å². The summed E-state index contributed by atoms with van der Waals surface area (Å²) in [6.07, 6.45) is 7.18. The van der Waals surface area contributed by atoms with E-state index in [1.54, 1.807) is 7.11 Å². The molecule has 2 nitrogen and oxygen atoms in total. The van der Waals surface area contributed by atoms with Crippen LogP contribution in [-0.4, -0.2) is 25.3 Å². The van der Waals surface area contributed by atoms with Gasteiger partial charge in [-0.1, -0.05) is 26.2 Å². The van der Waals surface area contributed by atoms with Crippen molar-refractivity contribution < 1.29 is 4.74 Å². The molecule has 90 valence electrons. The van der Waals surface area contributed by atoms with Crippen LogP contribution in [0.5, 0.6) is 0 Å². The van der Waals surface area contributed by atoms with E-state index < -0.39 is 0 Å². The SMILES string of the molecule is CCC1CCCC(NC(C)C(C)OC)C1. The lowest BCUT2D eigenvalue weighted by Crippen LogP contribution is -2.45. The van der Waals surface area contributed by atoms with Crippen molar-refractivity contribution in [1.82, 2.24) is 5.32 Å². The van der Waals surface area contributed by atoms with E-state index in [9.17, 15) is 0 Å². The number of methoxy groups -OCH3 is 1. The van der Waals surface area contributed by atoms with Crippen molar-refractivity contribution in [2.75, 3.05) is 7.11 Å². The van der Waals surface area contributed by atoms with Crippen LogP contribution in [-0.2, 0) is 4.74 Å². The Bertz CT molecular complexity index is 172. The minimum absolute atomic E-state index is 0.312. The molecule has 1 aliphatic rings. The third-order valence-corrected chi connectivity index (χ3v) is 3.93. The lowest BCUT2D eigenvalue weighted by molar-refractivity contribution is 0.0799. The van der Waals surface area contributed by atoms with Gasteiger partial charge in [0.25, 0.3) is 0 Å². The van der Waals surface area contributed by atoms with Gasteiger partial charge in [0.15, 0.2) is 0 Å². The normalized spacial score (nSPS) is 31.2. The van der Waals surface area contributed by atoms with Crippen LogP contribution >= 0.6 is 0 Å². The second-order valence-corrected chi connectivity index (χ2v) is 5.03. The molecule has 1 rings (SSSR count). The van der Waals surface area contributed by atoms with Gasteiger partial charge in [-0.3, -0.25) is 0 Å². The van der Waals surface area contributed by atoms with Crippen LogP contribution in [0.25, 0.3) is 0 Å². The summed E-state index contributed by atoms with van der Waals surface area (Å²) in [6.45, 7) is 6.68. The summed E-state index contributed by atoms with van der Waals surface area (Å²) in [5, 5.41) is 3.71. The maximum atomic E-state index is 5.34. The summed E-state index contributed by atoms with van der Waals surface area (Å²) >= 11 is 0. The number of ether oxygens (including phenoxy) is 1. The zero-order valence-corrected chi connectivity index (χ0v) is 10.8. The molecule has 0 spiro atoms. The van der Waals surface area contributed by atoms with Gasteiger partial charge in [-0.15, -0.1) is 0 Å². The fraction of sp³-hybridized carbons (Fsp3) is 1.00. The fourth-order valence-electron chi connectivity index (χ4n) is 2.52. The Morgan fingerprint density at radius 3 is 2.67 bits per heavy atom. The number of hydrogen-bond acceptors (Lipinski definition) is 2. The van der Waals surface area contributed by atoms with Crippen LogP contribution < -0.4 is 5.32 Å². The second kappa shape index (κ2) is 6.49. The van der Waals surface area contributed by atoms with E-state index in [4.69, 9.17) is 4.74 Å². The van der Waals surface area contributed by atoms with Crippen molar-refractivity contribution in [3.8, 4) is 0 Å². The van der Waals surface area contributed by atoms with Crippen molar-refractivity contribution in [1.29, 1.82) is 0 Å². The van der Waals surface area contributed by atoms with E-state index in [0.29, 0.717) is 12.1 Å². The molecule has 0 heterocycles. The maximum absolute atomic E-state index is 5.34. The Balaban J connectivity index is 2.31. The van der Waals surface area contributed by atoms with Crippen LogP contribution in [0.2, 0.25) is 0 Å². The van der Waals surface area contributed by atoms with Crippen molar-refractivity contribution in [2.24, 2.45) is 5.92 Å². The minimum atomic E-state index is 0.312. The summed E-state index contributed by atoms with van der Waals surface area (Å²) in [4.78, 5) is 0. The van der Waals surface area contributed by atoms with Crippen molar-refractivity contribution in [3.05, 3.63) is 0 Å². The lowest BCUT2D eigenvalue weighted by atomic mass is 9.84. The van der Waals surface area contributed by atoms with Crippen LogP contribution in [0.3, 0.4) is 0 Å². The monoisotopic (exact) mass is 213 g/mol. The summed E-state index contributed by atoms with van der Waals surface area (Å²) in [5.74, 6) is 0.946. The number of nitrogens with one attached hydrogen (secondary N) is 1. The summed E-state index contributed by atoms with van der Waals surface area (Å²) < 4.78 is 5.34. The molecular formula is C13H27NO. The van der Waals surface area contributed by atoms with Gasteiger partial charge in [-0.2, -0.15) is 0 Å². The highest BCUT2D eigenvalue weighted by atomic mass is 16.5.